The van der Waals surface area contributed by atoms with E-state index < -0.39 is 173 Å². The molecule has 8 heterocycles. The average molecular weight is 1460 g/mol. The van der Waals surface area contributed by atoms with Crippen LogP contribution in [0.5, 0.6) is 5.75 Å². The molecule has 0 radical (unpaired) electrons. The molecule has 7 aromatic rings. The third-order valence-corrected chi connectivity index (χ3v) is 21.4. The minimum Gasteiger partial charge on any atom is -0.497 e. The van der Waals surface area contributed by atoms with Gasteiger partial charge in [-0.15, -0.1) is 0 Å². The van der Waals surface area contributed by atoms with E-state index in [-0.39, 0.29) is 54.5 Å². The Bertz CT molecular complexity index is 4800. The van der Waals surface area contributed by atoms with Crippen molar-refractivity contribution in [2.45, 2.75) is 140 Å². The fraction of sp³-hybridized carbons (Fsp3) is 0.462. The molecule has 4 N–H and O–H groups in total. The van der Waals surface area contributed by atoms with E-state index in [1.165, 1.54) is 63.7 Å². The van der Waals surface area contributed by atoms with Crippen molar-refractivity contribution in [3.8, 4) is 5.75 Å². The van der Waals surface area contributed by atoms with E-state index in [0.29, 0.717) is 11.3 Å². The first-order valence-corrected chi connectivity index (χ1v) is 38.0. The molecule has 4 aliphatic rings. The number of carbonyl (C=O) groups excluding carboxylic acids is 1. The van der Waals surface area contributed by atoms with Crippen LogP contribution in [0.3, 0.4) is 0 Å². The summed E-state index contributed by atoms with van der Waals surface area (Å²) < 4.78 is 129. The van der Waals surface area contributed by atoms with Crippen molar-refractivity contribution in [1.82, 2.24) is 38.2 Å². The van der Waals surface area contributed by atoms with Gasteiger partial charge in [-0.1, -0.05) is 72.8 Å². The lowest BCUT2D eigenvalue weighted by molar-refractivity contribution is -0.150. The quantitative estimate of drug-likeness (QED) is 0.0292. The molecule has 4 fully saturated rings. The summed E-state index contributed by atoms with van der Waals surface area (Å²) in [5.74, 6) is -0.115. The largest absolute Gasteiger partial charge is 0.497 e. The molecule has 11 rings (SSSR count). The van der Waals surface area contributed by atoms with E-state index in [1.54, 1.807) is 19.2 Å². The summed E-state index contributed by atoms with van der Waals surface area (Å²) in [6.07, 6.45) is -9.99. The van der Waals surface area contributed by atoms with Gasteiger partial charge in [0, 0.05) is 99.6 Å². The topological polar surface area (TPSA) is 408 Å². The van der Waals surface area contributed by atoms with Gasteiger partial charge in [-0.2, -0.15) is 0 Å². The number of aromatic amines is 4. The molecular formula is C65H77N8O25P3. The second-order valence-corrected chi connectivity index (χ2v) is 31.1. The number of hydrogen-bond donors (Lipinski definition) is 4. The van der Waals surface area contributed by atoms with E-state index in [4.69, 9.17) is 60.3 Å². The highest BCUT2D eigenvalue weighted by Crippen LogP contribution is 2.54. The summed E-state index contributed by atoms with van der Waals surface area (Å²) in [5.41, 5.74) is -4.49. The number of nitrogens with one attached hydrogen (secondary N) is 4. The summed E-state index contributed by atoms with van der Waals surface area (Å²) in [6, 6.07) is 26.2. The van der Waals surface area contributed by atoms with E-state index in [0.717, 1.165) is 45.1 Å². The number of ether oxygens (including phenoxy) is 7. The lowest BCUT2D eigenvalue weighted by atomic mass is 9.80. The van der Waals surface area contributed by atoms with Gasteiger partial charge in [0.15, 0.2) is 0 Å². The minimum absolute atomic E-state index is 0.0707. The Morgan fingerprint density at radius 1 is 0.446 bits per heavy atom. The first-order chi connectivity index (χ1) is 47.9. The maximum Gasteiger partial charge on any atom is 0.330 e. The smallest absolute Gasteiger partial charge is 0.330 e. The van der Waals surface area contributed by atoms with Gasteiger partial charge in [-0.25, -0.2) is 19.2 Å². The van der Waals surface area contributed by atoms with Crippen LogP contribution in [0.25, 0.3) is 0 Å². The van der Waals surface area contributed by atoms with Crippen LogP contribution in [0.15, 0.2) is 148 Å². The molecule has 3 aromatic carbocycles. The van der Waals surface area contributed by atoms with Crippen molar-refractivity contribution in [3.05, 3.63) is 232 Å². The number of nitrogens with zero attached hydrogens (tertiary/aromatic N) is 4. The molecule has 4 aliphatic heterocycles. The van der Waals surface area contributed by atoms with Gasteiger partial charge in [0.1, 0.15) is 66.8 Å². The molecule has 3 unspecified atom stereocenters. The maximum absolute atomic E-state index is 15.0. The Morgan fingerprint density at radius 2 is 0.733 bits per heavy atom. The monoisotopic (exact) mass is 1460 g/mol. The molecule has 0 bridgehead atoms. The van der Waals surface area contributed by atoms with Gasteiger partial charge in [-0.3, -0.25) is 75.9 Å². The van der Waals surface area contributed by atoms with Crippen LogP contribution < -0.4 is 49.7 Å². The molecule has 0 amide bonds. The van der Waals surface area contributed by atoms with Gasteiger partial charge >= 0.3 is 51.5 Å². The minimum atomic E-state index is -4.42. The predicted molar refractivity (Wildman–Crippen MR) is 359 cm³/mol. The molecule has 15 atom stereocenters. The third-order valence-electron chi connectivity index (χ3n) is 17.6. The molecule has 0 aliphatic carbocycles. The zero-order valence-electron chi connectivity index (χ0n) is 56.3. The van der Waals surface area contributed by atoms with Crippen LogP contribution in [0.1, 0.15) is 96.5 Å². The van der Waals surface area contributed by atoms with Gasteiger partial charge in [0.25, 0.3) is 22.2 Å². The fourth-order valence-electron chi connectivity index (χ4n) is 12.5. The van der Waals surface area contributed by atoms with Gasteiger partial charge in [0.2, 0.25) is 0 Å². The van der Waals surface area contributed by atoms with Crippen LogP contribution in [-0.2, 0) is 79.7 Å². The molecule has 542 valence electrons. The number of esters is 1. The summed E-state index contributed by atoms with van der Waals surface area (Å²) in [6.45, 7) is 8.38. The van der Waals surface area contributed by atoms with E-state index >= 15 is 4.57 Å². The molecule has 4 saturated heterocycles. The Kier molecular flexibility index (Phi) is 22.3. The number of methoxy groups -OCH3 is 1. The molecule has 36 heteroatoms. The Balaban J connectivity index is 0.830. The molecular weight excluding hydrogens is 1390 g/mol. The highest BCUT2D eigenvalue weighted by atomic mass is 31.2. The van der Waals surface area contributed by atoms with E-state index in [2.05, 4.69) is 19.9 Å². The lowest BCUT2D eigenvalue weighted by Gasteiger charge is -2.37. The number of H-pyrrole nitrogens is 4. The molecule has 4 aromatic heterocycles. The summed E-state index contributed by atoms with van der Waals surface area (Å²) in [7, 11) is -11.5. The maximum atomic E-state index is 15.0. The van der Waals surface area contributed by atoms with Gasteiger partial charge in [-0.05, 0) is 56.5 Å². The number of aryl methyl sites for hydroxylation is 4. The highest BCUT2D eigenvalue weighted by molar-refractivity contribution is 7.53. The fourth-order valence-corrected chi connectivity index (χ4v) is 16.1. The van der Waals surface area contributed by atoms with Crippen molar-refractivity contribution >= 4 is 28.8 Å². The second-order valence-electron chi connectivity index (χ2n) is 25.1. The lowest BCUT2D eigenvalue weighted by Crippen LogP contribution is -2.38. The van der Waals surface area contributed by atoms with Crippen molar-refractivity contribution < 1.29 is 78.8 Å². The van der Waals surface area contributed by atoms with E-state index in [9.17, 15) is 52.3 Å². The molecule has 0 saturated carbocycles. The van der Waals surface area contributed by atoms with Crippen LogP contribution in [-0.4, -0.2) is 147 Å². The number of carbonyl (C=O) groups is 1. The van der Waals surface area contributed by atoms with Crippen LogP contribution in [0.2, 0.25) is 0 Å². The molecule has 101 heavy (non-hydrogen) atoms. The average Bonchev–Trinajstić information content (AvgIpc) is 0.790. The number of aromatic nitrogens is 8. The van der Waals surface area contributed by atoms with Crippen LogP contribution >= 0.6 is 22.8 Å². The second kappa shape index (κ2) is 30.5. The SMILES string of the molecule is COc1ccc(C(OC[C@H]2O[C@@H](n3cc(C)c(=O)[nH]c3=O)C[C@@H]2OP(C)(=O)OC[C@H]2O[C@@H](n3cc(C)c(=O)[nH]c3=O)C[C@@H]2OP(C)(=O)OC[C@H]2O[C@@H](n3cc(C)c(=O)[nH]c3=O)C[C@@H]2OP(C)(=O)OC[C@H]2O[C@@H](n3cc(C)c(=O)[nH]c3=O)C[C@@H]2OC(C)=O)(c2ccccc2)c2ccccc2)cc1. The van der Waals surface area contributed by atoms with Crippen molar-refractivity contribution in [3.63, 3.8) is 0 Å². The first-order valence-electron chi connectivity index (χ1n) is 32.1. The number of rotatable bonds is 27. The zero-order valence-corrected chi connectivity index (χ0v) is 59.0. The van der Waals surface area contributed by atoms with Crippen LogP contribution in [0.4, 0.5) is 0 Å². The summed E-state index contributed by atoms with van der Waals surface area (Å²) in [4.78, 5) is 124. The molecule has 0 spiro atoms. The first kappa shape index (κ1) is 74.1. The third kappa shape index (κ3) is 17.0. The van der Waals surface area contributed by atoms with Crippen molar-refractivity contribution in [2.75, 3.05) is 53.5 Å². The summed E-state index contributed by atoms with van der Waals surface area (Å²) >= 11 is 0. The Morgan fingerprint density at radius 3 is 1.04 bits per heavy atom. The van der Waals surface area contributed by atoms with E-state index in [1.807, 2.05) is 72.8 Å². The standard InChI is InChI=1S/C65H77N8O25P3/c1-36-28-70(61(79)66-57(36)75)53-24-45(91-40(5)74)50(93-53)33-88-99(7,83)97-47-26-55(72-30-38(3)59(77)68-63(72)81)95-52(47)35-90-101(9,85)98-48-27-56(73-31-39(4)60(78)69-64(73)82)94-51(48)34-89-100(8,84)96-46-25-54(71-29-37(2)58(76)67-62(71)80)92-49(46)32-87-65(41-16-12-10-13-17-41,42-18-14-11-15-19-42)43-20-22-44(86-6)23-21-43/h10-23,28-31,45-56H,24-27,32-35H2,1-9H3,(H,66,75,79)(H,67,76,80)(H,68,77,81)(H,69,78,82)/t45-,46-,47-,48-,49+,50+,51+,52+,53+,54+,55+,56+,99?,100?,101?/m0/s1. The normalized spacial score (nSPS) is 25.5. The van der Waals surface area contributed by atoms with Crippen molar-refractivity contribution in [2.24, 2.45) is 0 Å². The zero-order chi connectivity index (χ0) is 72.5. The highest BCUT2D eigenvalue weighted by Gasteiger charge is 2.49. The van der Waals surface area contributed by atoms with Gasteiger partial charge < -0.3 is 60.3 Å². The Hall–Kier alpha value is -8.10. The van der Waals surface area contributed by atoms with Gasteiger partial charge in [0.05, 0.1) is 51.8 Å². The van der Waals surface area contributed by atoms with Crippen molar-refractivity contribution in [1.29, 1.82) is 0 Å². The Labute approximate surface area is 574 Å². The predicted octanol–water partition coefficient (Wildman–Crippen LogP) is 5.19. The summed E-state index contributed by atoms with van der Waals surface area (Å²) in [5, 5.41) is 0. The van der Waals surface area contributed by atoms with Crippen LogP contribution in [0, 0.1) is 27.7 Å². The number of hydrogen-bond acceptors (Lipinski definition) is 25. The molecule has 33 nitrogen and oxygen atoms in total. The number of benzene rings is 3.